The maximum absolute atomic E-state index is 11.8. The van der Waals surface area contributed by atoms with Crippen molar-refractivity contribution in [3.8, 4) is 11.5 Å². The Morgan fingerprint density at radius 2 is 1.96 bits per heavy atom. The smallest absolute Gasteiger partial charge is 0.161 e. The fourth-order valence-electron chi connectivity index (χ4n) is 2.47. The number of halogens is 1. The molecule has 1 fully saturated rings. The second kappa shape index (κ2) is 8.21. The van der Waals surface area contributed by atoms with Crippen LogP contribution in [0, 0.1) is 5.92 Å². The van der Waals surface area contributed by atoms with Crippen LogP contribution in [0.25, 0.3) is 6.08 Å². The van der Waals surface area contributed by atoms with Gasteiger partial charge in [-0.05, 0) is 49.6 Å². The zero-order valence-electron chi connectivity index (χ0n) is 14.2. The first-order chi connectivity index (χ1) is 12.2. The lowest BCUT2D eigenvalue weighted by Crippen LogP contribution is -2.00. The average Bonchev–Trinajstić information content (AvgIpc) is 3.45. The molecular weight excluding hydrogens is 336 g/mol. The first-order valence-corrected chi connectivity index (χ1v) is 8.90. The molecule has 2 aromatic rings. The maximum atomic E-state index is 11.8. The normalized spacial score (nSPS) is 13.8. The van der Waals surface area contributed by atoms with Crippen molar-refractivity contribution in [2.75, 3.05) is 6.61 Å². The van der Waals surface area contributed by atoms with E-state index < -0.39 is 0 Å². The van der Waals surface area contributed by atoms with Gasteiger partial charge in [0, 0.05) is 16.5 Å². The van der Waals surface area contributed by atoms with E-state index in [0.717, 1.165) is 24.0 Å². The summed E-state index contributed by atoms with van der Waals surface area (Å²) in [6.07, 6.45) is 5.53. The van der Waals surface area contributed by atoms with Crippen LogP contribution in [0.4, 0.5) is 0 Å². The first-order valence-electron chi connectivity index (χ1n) is 8.52. The van der Waals surface area contributed by atoms with Crippen molar-refractivity contribution in [1.29, 1.82) is 0 Å². The number of benzene rings is 2. The van der Waals surface area contributed by atoms with E-state index in [9.17, 15) is 4.79 Å². The van der Waals surface area contributed by atoms with Crippen LogP contribution in [0.3, 0.4) is 0 Å². The SMILES string of the molecule is CCOc1cc(/C=C/C(=O)C2CC2)ccc1OCc1ccccc1Cl. The van der Waals surface area contributed by atoms with Gasteiger partial charge in [-0.3, -0.25) is 4.79 Å². The van der Waals surface area contributed by atoms with Gasteiger partial charge < -0.3 is 9.47 Å². The van der Waals surface area contributed by atoms with Crippen molar-refractivity contribution >= 4 is 23.5 Å². The molecule has 3 rings (SSSR count). The molecule has 1 saturated carbocycles. The Morgan fingerprint density at radius 1 is 1.16 bits per heavy atom. The summed E-state index contributed by atoms with van der Waals surface area (Å²) < 4.78 is 11.6. The lowest BCUT2D eigenvalue weighted by molar-refractivity contribution is -0.115. The minimum Gasteiger partial charge on any atom is -0.490 e. The zero-order chi connectivity index (χ0) is 17.6. The first kappa shape index (κ1) is 17.6. The topological polar surface area (TPSA) is 35.5 Å². The molecule has 0 N–H and O–H groups in total. The van der Waals surface area contributed by atoms with Gasteiger partial charge >= 0.3 is 0 Å². The molecule has 0 saturated heterocycles. The molecule has 130 valence electrons. The van der Waals surface area contributed by atoms with Gasteiger partial charge in [0.2, 0.25) is 0 Å². The molecular formula is C21H21ClO3. The maximum Gasteiger partial charge on any atom is 0.161 e. The number of allylic oxidation sites excluding steroid dienone is 1. The fraction of sp³-hybridized carbons (Fsp3) is 0.286. The molecule has 25 heavy (non-hydrogen) atoms. The van der Waals surface area contributed by atoms with E-state index in [1.807, 2.05) is 55.5 Å². The van der Waals surface area contributed by atoms with Crippen LogP contribution >= 0.6 is 11.6 Å². The monoisotopic (exact) mass is 356 g/mol. The summed E-state index contributed by atoms with van der Waals surface area (Å²) in [7, 11) is 0. The molecule has 2 aromatic carbocycles. The van der Waals surface area contributed by atoms with Crippen molar-refractivity contribution < 1.29 is 14.3 Å². The van der Waals surface area contributed by atoms with E-state index >= 15 is 0 Å². The van der Waals surface area contributed by atoms with Gasteiger partial charge in [-0.1, -0.05) is 41.9 Å². The van der Waals surface area contributed by atoms with Crippen molar-refractivity contribution in [2.24, 2.45) is 5.92 Å². The Balaban J connectivity index is 1.72. The van der Waals surface area contributed by atoms with E-state index in [0.29, 0.717) is 29.7 Å². The highest BCUT2D eigenvalue weighted by molar-refractivity contribution is 6.31. The summed E-state index contributed by atoms with van der Waals surface area (Å²) in [4.78, 5) is 11.8. The molecule has 0 bridgehead atoms. The van der Waals surface area contributed by atoms with E-state index in [2.05, 4.69) is 0 Å². The highest BCUT2D eigenvalue weighted by Crippen LogP contribution is 2.32. The standard InChI is InChI=1S/C21H21ClO3/c1-2-24-21-13-15(7-11-19(23)16-9-10-16)8-12-20(21)25-14-17-5-3-4-6-18(17)22/h3-8,11-13,16H,2,9-10,14H2,1H3/b11-7+. The molecule has 0 atom stereocenters. The largest absolute Gasteiger partial charge is 0.490 e. The molecule has 0 amide bonds. The molecule has 0 aromatic heterocycles. The van der Waals surface area contributed by atoms with Gasteiger partial charge in [0.05, 0.1) is 6.61 Å². The van der Waals surface area contributed by atoms with Gasteiger partial charge in [-0.15, -0.1) is 0 Å². The number of hydrogen-bond acceptors (Lipinski definition) is 3. The molecule has 0 aliphatic heterocycles. The Kier molecular flexibility index (Phi) is 5.77. The van der Waals surface area contributed by atoms with E-state index in [1.54, 1.807) is 6.08 Å². The van der Waals surface area contributed by atoms with Crippen LogP contribution in [0.1, 0.15) is 30.9 Å². The van der Waals surface area contributed by atoms with E-state index in [1.165, 1.54) is 0 Å². The van der Waals surface area contributed by atoms with Crippen LogP contribution < -0.4 is 9.47 Å². The number of ether oxygens (including phenoxy) is 2. The second-order valence-corrected chi connectivity index (χ2v) is 6.44. The third kappa shape index (κ3) is 4.86. The number of carbonyl (C=O) groups is 1. The summed E-state index contributed by atoms with van der Waals surface area (Å²) in [6, 6.07) is 13.3. The van der Waals surface area contributed by atoms with E-state index in [4.69, 9.17) is 21.1 Å². The minimum atomic E-state index is 0.206. The van der Waals surface area contributed by atoms with Crippen LogP contribution in [0.2, 0.25) is 5.02 Å². The number of ketones is 1. The summed E-state index contributed by atoms with van der Waals surface area (Å²) >= 11 is 6.17. The van der Waals surface area contributed by atoms with Gasteiger partial charge in [0.15, 0.2) is 17.3 Å². The highest BCUT2D eigenvalue weighted by Gasteiger charge is 2.27. The van der Waals surface area contributed by atoms with Gasteiger partial charge in [0.25, 0.3) is 0 Å². The molecule has 1 aliphatic carbocycles. The van der Waals surface area contributed by atoms with Crippen LogP contribution in [0.5, 0.6) is 11.5 Å². The molecule has 0 radical (unpaired) electrons. The molecule has 0 unspecified atom stereocenters. The van der Waals surface area contributed by atoms with Crippen molar-refractivity contribution in [3.05, 3.63) is 64.7 Å². The zero-order valence-corrected chi connectivity index (χ0v) is 15.0. The number of rotatable bonds is 8. The van der Waals surface area contributed by atoms with Crippen LogP contribution in [-0.2, 0) is 11.4 Å². The third-order valence-electron chi connectivity index (χ3n) is 4.03. The van der Waals surface area contributed by atoms with Crippen LogP contribution in [-0.4, -0.2) is 12.4 Å². The van der Waals surface area contributed by atoms with Crippen molar-refractivity contribution in [1.82, 2.24) is 0 Å². The quantitative estimate of drug-likeness (QED) is 0.601. The molecule has 1 aliphatic rings. The van der Waals surface area contributed by atoms with E-state index in [-0.39, 0.29) is 11.7 Å². The lowest BCUT2D eigenvalue weighted by atomic mass is 10.1. The van der Waals surface area contributed by atoms with Crippen LogP contribution in [0.15, 0.2) is 48.5 Å². The van der Waals surface area contributed by atoms with Gasteiger partial charge in [-0.25, -0.2) is 0 Å². The minimum absolute atomic E-state index is 0.206. The fourth-order valence-corrected chi connectivity index (χ4v) is 2.66. The predicted octanol–water partition coefficient (Wildman–Crippen LogP) is 5.31. The predicted molar refractivity (Wildman–Crippen MR) is 100 cm³/mol. The van der Waals surface area contributed by atoms with Gasteiger partial charge in [-0.2, -0.15) is 0 Å². The van der Waals surface area contributed by atoms with Crippen molar-refractivity contribution in [3.63, 3.8) is 0 Å². The molecule has 0 heterocycles. The summed E-state index contributed by atoms with van der Waals surface area (Å²) in [6.45, 7) is 2.84. The molecule has 3 nitrogen and oxygen atoms in total. The Morgan fingerprint density at radius 3 is 2.68 bits per heavy atom. The second-order valence-electron chi connectivity index (χ2n) is 6.03. The Labute approximate surface area is 153 Å². The third-order valence-corrected chi connectivity index (χ3v) is 4.40. The molecule has 4 heteroatoms. The number of carbonyl (C=O) groups excluding carboxylic acids is 1. The highest BCUT2D eigenvalue weighted by atomic mass is 35.5. The average molecular weight is 357 g/mol. The number of hydrogen-bond donors (Lipinski definition) is 0. The van der Waals surface area contributed by atoms with Gasteiger partial charge in [0.1, 0.15) is 6.61 Å². The van der Waals surface area contributed by atoms with Crippen molar-refractivity contribution in [2.45, 2.75) is 26.4 Å². The Bertz CT molecular complexity index is 778. The summed E-state index contributed by atoms with van der Waals surface area (Å²) in [5.41, 5.74) is 1.84. The molecule has 0 spiro atoms. The summed E-state index contributed by atoms with van der Waals surface area (Å²) in [5, 5.41) is 0.679. The summed E-state index contributed by atoms with van der Waals surface area (Å²) in [5.74, 6) is 1.76. The Hall–Kier alpha value is -2.26. The lowest BCUT2D eigenvalue weighted by Gasteiger charge is -2.13.